The summed E-state index contributed by atoms with van der Waals surface area (Å²) in [6.07, 6.45) is 5.20. The van der Waals surface area contributed by atoms with Crippen LogP contribution in [0, 0.1) is 0 Å². The van der Waals surface area contributed by atoms with Gasteiger partial charge < -0.3 is 10.7 Å². The van der Waals surface area contributed by atoms with Crippen LogP contribution in [0.25, 0.3) is 11.4 Å². The highest BCUT2D eigenvalue weighted by molar-refractivity contribution is 8.00. The van der Waals surface area contributed by atoms with Crippen LogP contribution in [0.15, 0.2) is 59.8 Å². The van der Waals surface area contributed by atoms with Crippen LogP contribution >= 0.6 is 23.4 Å². The summed E-state index contributed by atoms with van der Waals surface area (Å²) >= 11 is 7.76. The fourth-order valence-electron chi connectivity index (χ4n) is 4.34. The highest BCUT2D eigenvalue weighted by atomic mass is 35.5. The Morgan fingerprint density at radius 1 is 1.07 bits per heavy atom. The lowest BCUT2D eigenvalue weighted by atomic mass is 9.79. The largest absolute Gasteiger partial charge is 0.324 e. The Morgan fingerprint density at radius 2 is 1.80 bits per heavy atom. The topological polar surface area (TPSA) is 71.8 Å². The fourth-order valence-corrected chi connectivity index (χ4v) is 5.74. The van der Waals surface area contributed by atoms with E-state index in [1.165, 1.54) is 18.2 Å². The minimum atomic E-state index is -0.354. The molecular formula is C22H22ClN5OS. The number of carbonyl (C=O) groups excluding carboxylic acids is 1. The highest BCUT2D eigenvalue weighted by Gasteiger charge is 2.49. The second-order valence-corrected chi connectivity index (χ2v) is 9.28. The molecule has 1 saturated carbocycles. The van der Waals surface area contributed by atoms with Gasteiger partial charge in [-0.2, -0.15) is 0 Å². The van der Waals surface area contributed by atoms with Crippen molar-refractivity contribution < 1.29 is 4.79 Å². The predicted octanol–water partition coefficient (Wildman–Crippen LogP) is 4.96. The molecule has 2 aromatic carbocycles. The Balaban J connectivity index is 1.50. The normalized spacial score (nSPS) is 19.7. The Bertz CT molecular complexity index is 1060. The van der Waals surface area contributed by atoms with Crippen molar-refractivity contribution in [3.63, 3.8) is 0 Å². The van der Waals surface area contributed by atoms with Crippen LogP contribution in [-0.2, 0) is 4.79 Å². The smallest absolute Gasteiger partial charge is 0.240 e. The van der Waals surface area contributed by atoms with Crippen molar-refractivity contribution in [3.8, 4) is 11.4 Å². The van der Waals surface area contributed by atoms with E-state index < -0.39 is 0 Å². The highest BCUT2D eigenvalue weighted by Crippen LogP contribution is 2.44. The minimum Gasteiger partial charge on any atom is -0.324 e. The molecule has 5 rings (SSSR count). The number of benzene rings is 2. The molecule has 30 heavy (non-hydrogen) atoms. The minimum absolute atomic E-state index is 0.0574. The summed E-state index contributed by atoms with van der Waals surface area (Å²) < 4.78 is 1.96. The van der Waals surface area contributed by atoms with Crippen LogP contribution < -0.4 is 10.7 Å². The number of thioether (sulfide) groups is 1. The average Bonchev–Trinajstić information content (AvgIpc) is 3.18. The molecule has 0 saturated heterocycles. The number of hydrogen-bond donors (Lipinski definition) is 2. The van der Waals surface area contributed by atoms with Gasteiger partial charge >= 0.3 is 0 Å². The van der Waals surface area contributed by atoms with E-state index in [0.29, 0.717) is 15.9 Å². The Morgan fingerprint density at radius 3 is 2.57 bits per heavy atom. The number of hydrogen-bond acceptors (Lipinski definition) is 5. The molecule has 6 nitrogen and oxygen atoms in total. The molecule has 1 fully saturated rings. The quantitative estimate of drug-likeness (QED) is 0.603. The van der Waals surface area contributed by atoms with Crippen molar-refractivity contribution in [2.75, 3.05) is 10.7 Å². The molecule has 154 valence electrons. The van der Waals surface area contributed by atoms with Gasteiger partial charge in [-0.3, -0.25) is 4.79 Å². The molecule has 0 bridgehead atoms. The molecule has 1 aliphatic heterocycles. The van der Waals surface area contributed by atoms with Crippen molar-refractivity contribution in [3.05, 3.63) is 59.6 Å². The van der Waals surface area contributed by atoms with E-state index in [4.69, 9.17) is 11.6 Å². The summed E-state index contributed by atoms with van der Waals surface area (Å²) in [5.74, 6) is 0.714. The lowest BCUT2D eigenvalue weighted by molar-refractivity contribution is -0.117. The van der Waals surface area contributed by atoms with E-state index in [2.05, 4.69) is 20.9 Å². The van der Waals surface area contributed by atoms with Crippen molar-refractivity contribution >= 4 is 35.0 Å². The van der Waals surface area contributed by atoms with Gasteiger partial charge in [-0.05, 0) is 25.0 Å². The SMILES string of the molecule is O=C(Nc1ccccc1Cl)[C@H]1Sc2nnc(-c3ccccc3)n2NC12CCCCC2. The van der Waals surface area contributed by atoms with Gasteiger partial charge in [0.15, 0.2) is 5.82 Å². The Labute approximate surface area is 184 Å². The molecule has 1 amide bonds. The molecule has 2 heterocycles. The van der Waals surface area contributed by atoms with E-state index in [-0.39, 0.29) is 16.7 Å². The first-order valence-electron chi connectivity index (χ1n) is 10.2. The monoisotopic (exact) mass is 439 g/mol. The zero-order valence-electron chi connectivity index (χ0n) is 16.3. The van der Waals surface area contributed by atoms with Gasteiger partial charge in [0, 0.05) is 5.56 Å². The summed E-state index contributed by atoms with van der Waals surface area (Å²) in [5.41, 5.74) is 4.94. The second-order valence-electron chi connectivity index (χ2n) is 7.80. The number of para-hydroxylation sites is 1. The zero-order valence-corrected chi connectivity index (χ0v) is 17.9. The van der Waals surface area contributed by atoms with Gasteiger partial charge in [0.2, 0.25) is 11.1 Å². The van der Waals surface area contributed by atoms with Gasteiger partial charge in [-0.25, -0.2) is 4.68 Å². The maximum atomic E-state index is 13.4. The van der Waals surface area contributed by atoms with E-state index in [0.717, 1.165) is 37.1 Å². The van der Waals surface area contributed by atoms with Gasteiger partial charge in [0.05, 0.1) is 16.2 Å². The molecule has 0 unspecified atom stereocenters. The summed E-state index contributed by atoms with van der Waals surface area (Å²) in [7, 11) is 0. The molecule has 1 aliphatic carbocycles. The molecule has 0 radical (unpaired) electrons. The van der Waals surface area contributed by atoms with Crippen LogP contribution in [0.5, 0.6) is 0 Å². The van der Waals surface area contributed by atoms with Crippen LogP contribution in [0.2, 0.25) is 5.02 Å². The second kappa shape index (κ2) is 7.96. The van der Waals surface area contributed by atoms with Gasteiger partial charge in [0.25, 0.3) is 0 Å². The third-order valence-electron chi connectivity index (χ3n) is 5.84. The number of fused-ring (bicyclic) bond motifs is 1. The fraction of sp³-hybridized carbons (Fsp3) is 0.318. The summed E-state index contributed by atoms with van der Waals surface area (Å²) in [6.45, 7) is 0. The maximum Gasteiger partial charge on any atom is 0.240 e. The Kier molecular flexibility index (Phi) is 5.16. The van der Waals surface area contributed by atoms with E-state index in [1.54, 1.807) is 6.07 Å². The van der Waals surface area contributed by atoms with Crippen LogP contribution in [0.1, 0.15) is 32.1 Å². The lowest BCUT2D eigenvalue weighted by Gasteiger charge is -2.46. The molecule has 1 spiro atoms. The first-order chi connectivity index (χ1) is 14.7. The van der Waals surface area contributed by atoms with Gasteiger partial charge in [0.1, 0.15) is 5.25 Å². The van der Waals surface area contributed by atoms with Crippen molar-refractivity contribution in [1.29, 1.82) is 0 Å². The molecule has 2 N–H and O–H groups in total. The maximum absolute atomic E-state index is 13.4. The number of rotatable bonds is 3. The first kappa shape index (κ1) is 19.5. The van der Waals surface area contributed by atoms with Crippen LogP contribution in [-0.4, -0.2) is 31.6 Å². The Hall–Kier alpha value is -2.51. The summed E-state index contributed by atoms with van der Waals surface area (Å²) in [6, 6.07) is 17.3. The number of aromatic nitrogens is 3. The van der Waals surface area contributed by atoms with Crippen molar-refractivity contribution in [1.82, 2.24) is 14.9 Å². The van der Waals surface area contributed by atoms with Crippen molar-refractivity contribution in [2.45, 2.75) is 48.0 Å². The van der Waals surface area contributed by atoms with E-state index in [1.807, 2.05) is 53.2 Å². The van der Waals surface area contributed by atoms with Crippen LogP contribution in [0.4, 0.5) is 5.69 Å². The molecule has 1 aromatic heterocycles. The number of nitrogens with zero attached hydrogens (tertiary/aromatic N) is 3. The number of nitrogens with one attached hydrogen (secondary N) is 2. The van der Waals surface area contributed by atoms with E-state index in [9.17, 15) is 4.79 Å². The average molecular weight is 440 g/mol. The number of anilines is 1. The lowest BCUT2D eigenvalue weighted by Crippen LogP contribution is -2.59. The van der Waals surface area contributed by atoms with Crippen molar-refractivity contribution in [2.24, 2.45) is 0 Å². The standard InChI is InChI=1S/C22H22ClN5OS/c23-16-11-5-6-12-17(16)24-20(29)18-22(13-7-2-8-14-22)27-28-19(25-26-21(28)30-18)15-9-3-1-4-10-15/h1,3-6,9-12,18,27H,2,7-8,13-14H2,(H,24,29)/t18-/m1/s1. The zero-order chi connectivity index (χ0) is 20.6. The molecule has 1 atom stereocenters. The number of halogens is 1. The van der Waals surface area contributed by atoms with Gasteiger partial charge in [-0.15, -0.1) is 10.2 Å². The molecular weight excluding hydrogens is 418 g/mol. The molecule has 3 aromatic rings. The molecule has 8 heteroatoms. The number of carbonyl (C=O) groups is 1. The summed E-state index contributed by atoms with van der Waals surface area (Å²) in [5, 5.41) is 12.7. The third kappa shape index (κ3) is 3.46. The molecule has 2 aliphatic rings. The first-order valence-corrected chi connectivity index (χ1v) is 11.4. The third-order valence-corrected chi connectivity index (χ3v) is 7.55. The van der Waals surface area contributed by atoms with E-state index >= 15 is 0 Å². The van der Waals surface area contributed by atoms with Crippen LogP contribution in [0.3, 0.4) is 0 Å². The summed E-state index contributed by atoms with van der Waals surface area (Å²) in [4.78, 5) is 13.4. The predicted molar refractivity (Wildman–Crippen MR) is 120 cm³/mol. The van der Waals surface area contributed by atoms with Gasteiger partial charge in [-0.1, -0.05) is 85.1 Å². The number of amides is 1.